The van der Waals surface area contributed by atoms with Crippen LogP contribution in [0.25, 0.3) is 5.57 Å². The monoisotopic (exact) mass is 430 g/mol. The summed E-state index contributed by atoms with van der Waals surface area (Å²) in [4.78, 5) is 11.5. The van der Waals surface area contributed by atoms with Crippen LogP contribution in [0.5, 0.6) is 0 Å². The average molecular weight is 431 g/mol. The Morgan fingerprint density at radius 3 is 2.83 bits per heavy atom. The lowest BCUT2D eigenvalue weighted by Gasteiger charge is -2.28. The molecule has 8 nitrogen and oxygen atoms in total. The van der Waals surface area contributed by atoms with Gasteiger partial charge in [0.25, 0.3) is 0 Å². The van der Waals surface area contributed by atoms with Gasteiger partial charge in [0.1, 0.15) is 17.5 Å². The molecule has 9 heteroatoms. The molecule has 0 aliphatic carbocycles. The highest BCUT2D eigenvalue weighted by Crippen LogP contribution is 2.32. The molecular formula is C21H30N6O2S. The van der Waals surface area contributed by atoms with Crippen molar-refractivity contribution in [1.29, 1.82) is 5.26 Å². The molecule has 0 spiro atoms. The predicted octanol–water partition coefficient (Wildman–Crippen LogP) is 3.32. The van der Waals surface area contributed by atoms with Crippen molar-refractivity contribution in [3.8, 4) is 6.07 Å². The molecule has 2 aliphatic heterocycles. The van der Waals surface area contributed by atoms with E-state index in [0.717, 1.165) is 55.5 Å². The predicted molar refractivity (Wildman–Crippen MR) is 121 cm³/mol. The molecule has 2 aliphatic rings. The second-order valence-corrected chi connectivity index (χ2v) is 8.02. The first-order valence-electron chi connectivity index (χ1n) is 10.5. The normalized spacial score (nSPS) is 17.9. The van der Waals surface area contributed by atoms with Gasteiger partial charge in [0, 0.05) is 44.6 Å². The summed E-state index contributed by atoms with van der Waals surface area (Å²) in [6, 6.07) is 4.21. The number of allylic oxidation sites excluding steroid dienone is 2. The van der Waals surface area contributed by atoms with Crippen LogP contribution < -0.4 is 15.5 Å². The van der Waals surface area contributed by atoms with Crippen LogP contribution in [0.1, 0.15) is 38.8 Å². The summed E-state index contributed by atoms with van der Waals surface area (Å²) >= 11 is 1.51. The molecule has 0 amide bonds. The Morgan fingerprint density at radius 2 is 2.13 bits per heavy atom. The molecule has 0 atom stereocenters. The van der Waals surface area contributed by atoms with Crippen LogP contribution in [0, 0.1) is 11.3 Å². The maximum Gasteiger partial charge on any atom is 0.225 e. The van der Waals surface area contributed by atoms with Crippen molar-refractivity contribution >= 4 is 29.1 Å². The summed E-state index contributed by atoms with van der Waals surface area (Å²) in [6.07, 6.45) is 3.10. The Hall–Kier alpha value is -2.28. The second kappa shape index (κ2) is 11.8. The van der Waals surface area contributed by atoms with Gasteiger partial charge in [-0.3, -0.25) is 0 Å². The zero-order valence-electron chi connectivity index (χ0n) is 17.7. The van der Waals surface area contributed by atoms with E-state index in [0.29, 0.717) is 43.6 Å². The molecule has 1 aromatic rings. The van der Waals surface area contributed by atoms with Crippen molar-refractivity contribution in [2.24, 2.45) is 0 Å². The van der Waals surface area contributed by atoms with Crippen LogP contribution in [0.2, 0.25) is 0 Å². The summed E-state index contributed by atoms with van der Waals surface area (Å²) in [5.41, 5.74) is 2.16. The van der Waals surface area contributed by atoms with Gasteiger partial charge in [-0.05, 0) is 25.2 Å². The summed E-state index contributed by atoms with van der Waals surface area (Å²) < 4.78 is 11.1. The highest BCUT2D eigenvalue weighted by Gasteiger charge is 2.20. The number of nitrogens with one attached hydrogen (secondary N) is 2. The first-order chi connectivity index (χ1) is 14.7. The molecule has 2 N–H and O–H groups in total. The number of ether oxygens (including phenoxy) is 2. The number of nitriles is 1. The highest BCUT2D eigenvalue weighted by atomic mass is 32.2. The third-order valence-corrected chi connectivity index (χ3v) is 5.71. The maximum atomic E-state index is 9.82. The molecule has 0 aromatic carbocycles. The second-order valence-electron chi connectivity index (χ2n) is 7.14. The lowest BCUT2D eigenvalue weighted by molar-refractivity contribution is 0.122. The number of anilines is 2. The Balaban J connectivity index is 1.75. The molecule has 3 rings (SSSR count). The van der Waals surface area contributed by atoms with Crippen molar-refractivity contribution in [2.45, 2.75) is 33.1 Å². The molecular weight excluding hydrogens is 400 g/mol. The third kappa shape index (κ3) is 6.36. The maximum absolute atomic E-state index is 9.82. The van der Waals surface area contributed by atoms with Crippen LogP contribution >= 0.6 is 11.8 Å². The van der Waals surface area contributed by atoms with E-state index in [1.807, 2.05) is 18.4 Å². The summed E-state index contributed by atoms with van der Waals surface area (Å²) in [5, 5.41) is 19.2. The van der Waals surface area contributed by atoms with E-state index >= 15 is 0 Å². The fourth-order valence-electron chi connectivity index (χ4n) is 3.05. The SMILES string of the molecule is CCCCOCCCNc1nc(/C(C#N)=C2/NC(C)=CS2)cc(N2CCOCC2)n1. The van der Waals surface area contributed by atoms with Gasteiger partial charge >= 0.3 is 0 Å². The molecule has 30 heavy (non-hydrogen) atoms. The van der Waals surface area contributed by atoms with E-state index < -0.39 is 0 Å². The van der Waals surface area contributed by atoms with Crippen molar-refractivity contribution in [3.63, 3.8) is 0 Å². The molecule has 0 unspecified atom stereocenters. The van der Waals surface area contributed by atoms with Crippen molar-refractivity contribution in [3.05, 3.63) is 27.9 Å². The fraction of sp³-hybridized carbons (Fsp3) is 0.571. The molecule has 162 valence electrons. The Labute approximate surface area is 182 Å². The number of nitrogens with zero attached hydrogens (tertiary/aromatic N) is 4. The van der Waals surface area contributed by atoms with Gasteiger partial charge in [-0.1, -0.05) is 25.1 Å². The number of rotatable bonds is 10. The average Bonchev–Trinajstić information content (AvgIpc) is 3.20. The van der Waals surface area contributed by atoms with E-state index in [2.05, 4.69) is 33.5 Å². The molecule has 1 fully saturated rings. The quantitative estimate of drug-likeness (QED) is 0.428. The minimum absolute atomic E-state index is 0.524. The molecule has 0 saturated carbocycles. The van der Waals surface area contributed by atoms with Gasteiger partial charge in [0.15, 0.2) is 0 Å². The summed E-state index contributed by atoms with van der Waals surface area (Å²) in [5.74, 6) is 1.34. The van der Waals surface area contributed by atoms with Crippen molar-refractivity contribution in [1.82, 2.24) is 15.3 Å². The van der Waals surface area contributed by atoms with E-state index in [4.69, 9.17) is 14.5 Å². The smallest absolute Gasteiger partial charge is 0.225 e. The van der Waals surface area contributed by atoms with Gasteiger partial charge in [-0.25, -0.2) is 4.98 Å². The number of hydrogen-bond donors (Lipinski definition) is 2. The summed E-state index contributed by atoms with van der Waals surface area (Å²) in [7, 11) is 0. The lowest BCUT2D eigenvalue weighted by Crippen LogP contribution is -2.37. The number of thioether (sulfide) groups is 1. The zero-order valence-corrected chi connectivity index (χ0v) is 18.6. The van der Waals surface area contributed by atoms with Crippen LogP contribution in [0.15, 0.2) is 22.2 Å². The van der Waals surface area contributed by atoms with E-state index in [1.165, 1.54) is 11.8 Å². The fourth-order valence-corrected chi connectivity index (χ4v) is 3.89. The minimum Gasteiger partial charge on any atom is -0.381 e. The van der Waals surface area contributed by atoms with Gasteiger partial charge in [-0.2, -0.15) is 10.2 Å². The first-order valence-corrected chi connectivity index (χ1v) is 11.4. The van der Waals surface area contributed by atoms with Crippen LogP contribution in [-0.2, 0) is 9.47 Å². The van der Waals surface area contributed by atoms with Crippen LogP contribution in [0.4, 0.5) is 11.8 Å². The van der Waals surface area contributed by atoms with Crippen molar-refractivity contribution in [2.75, 3.05) is 56.3 Å². The van der Waals surface area contributed by atoms with Gasteiger partial charge in [0.2, 0.25) is 5.95 Å². The van der Waals surface area contributed by atoms with E-state index in [1.54, 1.807) is 0 Å². The van der Waals surface area contributed by atoms with Gasteiger partial charge < -0.3 is 25.0 Å². The minimum atomic E-state index is 0.524. The molecule has 1 saturated heterocycles. The number of aromatic nitrogens is 2. The third-order valence-electron chi connectivity index (χ3n) is 4.70. The topological polar surface area (TPSA) is 95.3 Å². The Kier molecular flexibility index (Phi) is 8.81. The lowest BCUT2D eigenvalue weighted by atomic mass is 10.2. The van der Waals surface area contributed by atoms with Gasteiger partial charge in [-0.15, -0.1) is 0 Å². The number of morpholine rings is 1. The largest absolute Gasteiger partial charge is 0.381 e. The van der Waals surface area contributed by atoms with Crippen molar-refractivity contribution < 1.29 is 9.47 Å². The van der Waals surface area contributed by atoms with Gasteiger partial charge in [0.05, 0.1) is 23.9 Å². The molecule has 3 heterocycles. The van der Waals surface area contributed by atoms with Crippen LogP contribution in [-0.4, -0.2) is 56.0 Å². The Bertz CT molecular complexity index is 814. The first kappa shape index (κ1) is 22.4. The molecule has 1 aromatic heterocycles. The van der Waals surface area contributed by atoms with Crippen LogP contribution in [0.3, 0.4) is 0 Å². The van der Waals surface area contributed by atoms with E-state index in [-0.39, 0.29) is 0 Å². The zero-order chi connectivity index (χ0) is 21.2. The summed E-state index contributed by atoms with van der Waals surface area (Å²) in [6.45, 7) is 9.24. The standard InChI is InChI=1S/C21H30N6O2S/c1-3-4-9-28-10-5-6-23-21-25-18(17(14-22)20-24-16(2)15-30-20)13-19(26-21)27-7-11-29-12-8-27/h13,15,24H,3-12H2,1-2H3,(H,23,25,26)/b20-17-. The molecule has 0 bridgehead atoms. The number of unbranched alkanes of at least 4 members (excludes halogenated alkanes) is 1. The van der Waals surface area contributed by atoms with E-state index in [9.17, 15) is 5.26 Å². The highest BCUT2D eigenvalue weighted by molar-refractivity contribution is 8.06. The Morgan fingerprint density at radius 1 is 1.33 bits per heavy atom. The molecule has 0 radical (unpaired) electrons. The number of hydrogen-bond acceptors (Lipinski definition) is 9.